The largest absolute Gasteiger partial charge is 0.480 e. The van der Waals surface area contributed by atoms with Gasteiger partial charge in [0.05, 0.1) is 18.3 Å². The topological polar surface area (TPSA) is 129 Å². The number of carboxylic acids is 1. The average Bonchev–Trinajstić information content (AvgIpc) is 2.94. The summed E-state index contributed by atoms with van der Waals surface area (Å²) in [7, 11) is 0. The Hall–Kier alpha value is -2.00. The quantitative estimate of drug-likeness (QED) is 0.535. The van der Waals surface area contributed by atoms with E-state index in [2.05, 4.69) is 20.9 Å². The predicted molar refractivity (Wildman–Crippen MR) is 71.7 cm³/mol. The molecule has 0 spiro atoms. The summed E-state index contributed by atoms with van der Waals surface area (Å²) in [6.45, 7) is 3.06. The summed E-state index contributed by atoms with van der Waals surface area (Å²) in [6, 6.07) is -1.19. The van der Waals surface area contributed by atoms with E-state index in [1.165, 1.54) is 13.1 Å². The van der Waals surface area contributed by atoms with Crippen molar-refractivity contribution in [2.45, 2.75) is 38.0 Å². The number of piperidine rings is 1. The molecule has 1 aromatic heterocycles. The van der Waals surface area contributed by atoms with E-state index >= 15 is 0 Å². The van der Waals surface area contributed by atoms with Gasteiger partial charge in [-0.1, -0.05) is 5.21 Å². The Morgan fingerprint density at radius 2 is 2.14 bits per heavy atom. The summed E-state index contributed by atoms with van der Waals surface area (Å²) in [5.74, 6) is -1.97. The predicted octanol–water partition coefficient (Wildman–Crippen LogP) is -1.23. The summed E-state index contributed by atoms with van der Waals surface area (Å²) in [5, 5.41) is 31.4. The van der Waals surface area contributed by atoms with Crippen LogP contribution in [-0.4, -0.2) is 62.3 Å². The van der Waals surface area contributed by atoms with Crippen LogP contribution in [0.4, 0.5) is 0 Å². The number of carbonyl (C=O) groups excluding carboxylic acids is 1. The number of carbonyl (C=O) groups is 2. The van der Waals surface area contributed by atoms with Crippen molar-refractivity contribution < 1.29 is 19.8 Å². The van der Waals surface area contributed by atoms with Gasteiger partial charge in [-0.05, 0) is 32.9 Å². The molecule has 1 aliphatic rings. The van der Waals surface area contributed by atoms with Gasteiger partial charge in [0, 0.05) is 0 Å². The molecule has 116 valence electrons. The third-order valence-corrected chi connectivity index (χ3v) is 3.46. The molecule has 0 aromatic carbocycles. The third kappa shape index (κ3) is 3.76. The van der Waals surface area contributed by atoms with Crippen LogP contribution in [0.1, 0.15) is 36.3 Å². The number of aliphatic hydroxyl groups excluding tert-OH is 1. The lowest BCUT2D eigenvalue weighted by atomic mass is 10.1. The Bertz CT molecular complexity index is 510. The lowest BCUT2D eigenvalue weighted by Gasteiger charge is -2.22. The summed E-state index contributed by atoms with van der Waals surface area (Å²) >= 11 is 0. The summed E-state index contributed by atoms with van der Waals surface area (Å²) in [6.07, 6.45) is 2.10. The molecule has 21 heavy (non-hydrogen) atoms. The number of aliphatic carboxylic acids is 1. The summed E-state index contributed by atoms with van der Waals surface area (Å²) < 4.78 is 1.63. The number of aromatic nitrogens is 3. The monoisotopic (exact) mass is 297 g/mol. The first-order valence-electron chi connectivity index (χ1n) is 6.83. The van der Waals surface area contributed by atoms with Crippen molar-refractivity contribution in [3.8, 4) is 0 Å². The molecule has 9 nitrogen and oxygen atoms in total. The second kappa shape index (κ2) is 6.64. The smallest absolute Gasteiger partial charge is 0.328 e. The van der Waals surface area contributed by atoms with Crippen molar-refractivity contribution >= 4 is 11.9 Å². The van der Waals surface area contributed by atoms with Crippen molar-refractivity contribution in [1.29, 1.82) is 0 Å². The van der Waals surface area contributed by atoms with Gasteiger partial charge in [-0.25, -0.2) is 9.48 Å². The Morgan fingerprint density at radius 1 is 1.48 bits per heavy atom. The zero-order valence-corrected chi connectivity index (χ0v) is 11.7. The van der Waals surface area contributed by atoms with E-state index in [1.54, 1.807) is 4.68 Å². The Kier molecular flexibility index (Phi) is 4.86. The molecule has 1 aliphatic heterocycles. The van der Waals surface area contributed by atoms with Crippen LogP contribution in [0.2, 0.25) is 0 Å². The highest BCUT2D eigenvalue weighted by Gasteiger charge is 2.27. The number of carboxylic acid groups (broad SMARTS) is 1. The van der Waals surface area contributed by atoms with Crippen LogP contribution in [0.5, 0.6) is 0 Å². The van der Waals surface area contributed by atoms with Gasteiger partial charge in [-0.2, -0.15) is 0 Å². The zero-order chi connectivity index (χ0) is 15.4. The van der Waals surface area contributed by atoms with Crippen molar-refractivity contribution in [2.75, 3.05) is 13.1 Å². The van der Waals surface area contributed by atoms with E-state index in [0.29, 0.717) is 0 Å². The molecule has 0 radical (unpaired) electrons. The minimum absolute atomic E-state index is 0.0421. The van der Waals surface area contributed by atoms with Crippen LogP contribution < -0.4 is 10.6 Å². The van der Waals surface area contributed by atoms with Gasteiger partial charge in [0.1, 0.15) is 0 Å². The normalized spacial score (nSPS) is 19.0. The van der Waals surface area contributed by atoms with Gasteiger partial charge in [0.2, 0.25) is 0 Å². The molecule has 0 unspecified atom stereocenters. The molecule has 2 rings (SSSR count). The lowest BCUT2D eigenvalue weighted by molar-refractivity contribution is -0.141. The number of rotatable bonds is 5. The first-order chi connectivity index (χ1) is 9.99. The number of nitrogens with zero attached hydrogens (tertiary/aromatic N) is 3. The Balaban J connectivity index is 2.02. The van der Waals surface area contributed by atoms with Gasteiger partial charge < -0.3 is 20.8 Å². The molecule has 1 aromatic rings. The number of hydrogen-bond donors (Lipinski definition) is 4. The first kappa shape index (κ1) is 15.4. The van der Waals surface area contributed by atoms with Crippen LogP contribution in [0.3, 0.4) is 0 Å². The minimum Gasteiger partial charge on any atom is -0.480 e. The average molecular weight is 297 g/mol. The number of aliphatic hydroxyl groups is 1. The molecule has 1 saturated heterocycles. The maximum Gasteiger partial charge on any atom is 0.328 e. The molecule has 0 aliphatic carbocycles. The maximum atomic E-state index is 11.9. The maximum absolute atomic E-state index is 11.9. The van der Waals surface area contributed by atoms with Crippen LogP contribution in [0.15, 0.2) is 6.20 Å². The van der Waals surface area contributed by atoms with Crippen molar-refractivity contribution in [1.82, 2.24) is 25.6 Å². The highest BCUT2D eigenvalue weighted by molar-refractivity contribution is 5.94. The first-order valence-corrected chi connectivity index (χ1v) is 6.83. The second-order valence-electron chi connectivity index (χ2n) is 5.09. The van der Waals surface area contributed by atoms with Crippen LogP contribution in [0, 0.1) is 0 Å². The molecule has 1 amide bonds. The third-order valence-electron chi connectivity index (χ3n) is 3.46. The SMILES string of the molecule is C[C@@H](O)[C@H](NC(=O)c1cn(C2CCNCC2)nn1)C(=O)O. The van der Waals surface area contributed by atoms with E-state index in [1.807, 2.05) is 0 Å². The fourth-order valence-electron chi connectivity index (χ4n) is 2.23. The standard InChI is InChI=1S/C12H19N5O4/c1-7(18)10(12(20)21)14-11(19)9-6-17(16-15-9)8-2-4-13-5-3-8/h6-8,10,13,18H,2-5H2,1H3,(H,14,19)(H,20,21)/t7-,10+/m1/s1. The molecular weight excluding hydrogens is 278 g/mol. The number of amides is 1. The molecule has 0 bridgehead atoms. The van der Waals surface area contributed by atoms with Crippen LogP contribution >= 0.6 is 0 Å². The molecule has 1 fully saturated rings. The number of hydrogen-bond acceptors (Lipinski definition) is 6. The Labute approximate surface area is 121 Å². The van der Waals surface area contributed by atoms with Crippen molar-refractivity contribution in [3.63, 3.8) is 0 Å². The molecule has 4 N–H and O–H groups in total. The fourth-order valence-corrected chi connectivity index (χ4v) is 2.23. The lowest BCUT2D eigenvalue weighted by Crippen LogP contribution is -2.47. The van der Waals surface area contributed by atoms with Crippen LogP contribution in [0.25, 0.3) is 0 Å². The van der Waals surface area contributed by atoms with E-state index in [9.17, 15) is 14.7 Å². The van der Waals surface area contributed by atoms with Gasteiger partial charge >= 0.3 is 5.97 Å². The highest BCUT2D eigenvalue weighted by atomic mass is 16.4. The van der Waals surface area contributed by atoms with E-state index in [-0.39, 0.29) is 11.7 Å². The van der Waals surface area contributed by atoms with Crippen molar-refractivity contribution in [2.24, 2.45) is 0 Å². The molecule has 2 atom stereocenters. The molecule has 9 heteroatoms. The van der Waals surface area contributed by atoms with E-state index < -0.39 is 24.0 Å². The van der Waals surface area contributed by atoms with Crippen molar-refractivity contribution in [3.05, 3.63) is 11.9 Å². The molecular formula is C12H19N5O4. The van der Waals surface area contributed by atoms with Gasteiger partial charge in [0.25, 0.3) is 5.91 Å². The second-order valence-corrected chi connectivity index (χ2v) is 5.09. The molecule has 0 saturated carbocycles. The molecule has 2 heterocycles. The summed E-state index contributed by atoms with van der Waals surface area (Å²) in [4.78, 5) is 22.9. The van der Waals surface area contributed by atoms with Gasteiger partial charge in [-0.15, -0.1) is 5.10 Å². The van der Waals surface area contributed by atoms with Crippen LogP contribution in [-0.2, 0) is 4.79 Å². The minimum atomic E-state index is -1.37. The zero-order valence-electron chi connectivity index (χ0n) is 11.7. The van der Waals surface area contributed by atoms with E-state index in [0.717, 1.165) is 25.9 Å². The fraction of sp³-hybridized carbons (Fsp3) is 0.667. The number of nitrogens with one attached hydrogen (secondary N) is 2. The highest BCUT2D eigenvalue weighted by Crippen LogP contribution is 2.17. The van der Waals surface area contributed by atoms with E-state index in [4.69, 9.17) is 5.11 Å². The van der Waals surface area contributed by atoms with Gasteiger partial charge in [-0.3, -0.25) is 4.79 Å². The van der Waals surface area contributed by atoms with Gasteiger partial charge in [0.15, 0.2) is 11.7 Å². The Morgan fingerprint density at radius 3 is 2.71 bits per heavy atom. The summed E-state index contributed by atoms with van der Waals surface area (Å²) in [5.41, 5.74) is 0.0421.